The molecule has 1 aliphatic rings. The molecule has 0 atom stereocenters. The largest absolute Gasteiger partial charge is 0.486 e. The van der Waals surface area contributed by atoms with Crippen LogP contribution in [-0.2, 0) is 6.54 Å². The summed E-state index contributed by atoms with van der Waals surface area (Å²) < 4.78 is 11.0. The summed E-state index contributed by atoms with van der Waals surface area (Å²) in [6.45, 7) is 1.37. The number of nitrogens with one attached hydrogen (secondary N) is 1. The van der Waals surface area contributed by atoms with Crippen LogP contribution in [0, 0.1) is 0 Å². The molecule has 0 radical (unpaired) electrons. The van der Waals surface area contributed by atoms with Crippen molar-refractivity contribution in [1.29, 1.82) is 0 Å². The van der Waals surface area contributed by atoms with Crippen molar-refractivity contribution >= 4 is 11.6 Å². The number of hydrogen-bond donors (Lipinski definition) is 2. The molecule has 21 heavy (non-hydrogen) atoms. The van der Waals surface area contributed by atoms with Crippen LogP contribution in [0.3, 0.4) is 0 Å². The Morgan fingerprint density at radius 1 is 1.14 bits per heavy atom. The number of carbonyl (C=O) groups is 1. The van der Waals surface area contributed by atoms with E-state index < -0.39 is 0 Å². The molecule has 0 aromatic heterocycles. The number of rotatable bonds is 3. The molecule has 0 saturated heterocycles. The van der Waals surface area contributed by atoms with Crippen LogP contribution in [-0.4, -0.2) is 19.1 Å². The van der Waals surface area contributed by atoms with E-state index >= 15 is 0 Å². The molecule has 2 aromatic carbocycles. The number of ether oxygens (including phenoxy) is 2. The van der Waals surface area contributed by atoms with Gasteiger partial charge in [-0.1, -0.05) is 18.2 Å². The highest BCUT2D eigenvalue weighted by Gasteiger charge is 2.20. The minimum atomic E-state index is -0.230. The fraction of sp³-hybridized carbons (Fsp3) is 0.188. The van der Waals surface area contributed by atoms with E-state index in [1.54, 1.807) is 18.2 Å². The van der Waals surface area contributed by atoms with Crippen molar-refractivity contribution in [1.82, 2.24) is 0 Å². The third-order valence-electron chi connectivity index (χ3n) is 3.23. The summed E-state index contributed by atoms with van der Waals surface area (Å²) in [5, 5.41) is 2.85. The van der Waals surface area contributed by atoms with Gasteiger partial charge in [0.1, 0.15) is 13.2 Å². The zero-order valence-electron chi connectivity index (χ0n) is 11.5. The molecular formula is C16H16N2O3. The Labute approximate surface area is 122 Å². The second kappa shape index (κ2) is 5.85. The van der Waals surface area contributed by atoms with Gasteiger partial charge in [-0.2, -0.15) is 0 Å². The summed E-state index contributed by atoms with van der Waals surface area (Å²) in [5.41, 5.74) is 7.73. The summed E-state index contributed by atoms with van der Waals surface area (Å²) in [4.78, 5) is 12.4. The Balaban J connectivity index is 1.85. The molecule has 0 saturated carbocycles. The van der Waals surface area contributed by atoms with E-state index in [4.69, 9.17) is 15.2 Å². The van der Waals surface area contributed by atoms with Crippen molar-refractivity contribution in [3.63, 3.8) is 0 Å². The van der Waals surface area contributed by atoms with E-state index in [2.05, 4.69) is 5.32 Å². The highest BCUT2D eigenvalue weighted by Crippen LogP contribution is 2.33. The average molecular weight is 284 g/mol. The van der Waals surface area contributed by atoms with Crippen molar-refractivity contribution in [2.45, 2.75) is 6.54 Å². The fourth-order valence-corrected chi connectivity index (χ4v) is 2.23. The molecule has 1 aliphatic heterocycles. The number of nitrogens with two attached hydrogens (primary N) is 1. The average Bonchev–Trinajstić information content (AvgIpc) is 2.54. The number of para-hydroxylation sites is 1. The van der Waals surface area contributed by atoms with E-state index in [0.717, 1.165) is 5.56 Å². The first-order chi connectivity index (χ1) is 10.3. The minimum absolute atomic E-state index is 0.230. The van der Waals surface area contributed by atoms with Gasteiger partial charge in [0, 0.05) is 12.2 Å². The zero-order valence-corrected chi connectivity index (χ0v) is 11.5. The van der Waals surface area contributed by atoms with Gasteiger partial charge in [-0.3, -0.25) is 4.79 Å². The van der Waals surface area contributed by atoms with Crippen LogP contribution in [0.5, 0.6) is 11.5 Å². The van der Waals surface area contributed by atoms with Gasteiger partial charge in [-0.15, -0.1) is 0 Å². The van der Waals surface area contributed by atoms with Crippen LogP contribution >= 0.6 is 0 Å². The third-order valence-corrected chi connectivity index (χ3v) is 3.23. The van der Waals surface area contributed by atoms with E-state index in [1.807, 2.05) is 24.3 Å². The number of benzene rings is 2. The highest BCUT2D eigenvalue weighted by molar-refractivity contribution is 6.06. The second-order valence-corrected chi connectivity index (χ2v) is 4.69. The Bertz CT molecular complexity index is 670. The summed E-state index contributed by atoms with van der Waals surface area (Å²) in [6, 6.07) is 12.7. The van der Waals surface area contributed by atoms with E-state index in [9.17, 15) is 4.79 Å². The summed E-state index contributed by atoms with van der Waals surface area (Å²) in [7, 11) is 0. The molecule has 3 N–H and O–H groups in total. The van der Waals surface area contributed by atoms with Gasteiger partial charge < -0.3 is 20.5 Å². The number of carbonyl (C=O) groups excluding carboxylic acids is 1. The lowest BCUT2D eigenvalue weighted by atomic mass is 10.1. The van der Waals surface area contributed by atoms with Gasteiger partial charge >= 0.3 is 0 Å². The smallest absolute Gasteiger partial charge is 0.259 e. The van der Waals surface area contributed by atoms with Gasteiger partial charge in [0.05, 0.1) is 5.56 Å². The Morgan fingerprint density at radius 2 is 1.95 bits per heavy atom. The molecule has 3 rings (SSSR count). The van der Waals surface area contributed by atoms with E-state index in [1.165, 1.54) is 0 Å². The third kappa shape index (κ3) is 2.83. The van der Waals surface area contributed by atoms with E-state index in [-0.39, 0.29) is 5.91 Å². The second-order valence-electron chi connectivity index (χ2n) is 4.69. The van der Waals surface area contributed by atoms with Crippen molar-refractivity contribution in [3.05, 3.63) is 53.6 Å². The topological polar surface area (TPSA) is 73.6 Å². The monoisotopic (exact) mass is 284 g/mol. The number of anilines is 1. The van der Waals surface area contributed by atoms with Crippen LogP contribution in [0.1, 0.15) is 15.9 Å². The van der Waals surface area contributed by atoms with Crippen LogP contribution < -0.4 is 20.5 Å². The molecular weight excluding hydrogens is 268 g/mol. The van der Waals surface area contributed by atoms with E-state index in [0.29, 0.717) is 42.5 Å². The van der Waals surface area contributed by atoms with Crippen molar-refractivity contribution in [2.75, 3.05) is 18.5 Å². The van der Waals surface area contributed by atoms with Gasteiger partial charge in [-0.05, 0) is 29.8 Å². The normalized spacial score (nSPS) is 12.8. The molecule has 2 aromatic rings. The van der Waals surface area contributed by atoms with Crippen LogP contribution in [0.2, 0.25) is 0 Å². The predicted molar refractivity (Wildman–Crippen MR) is 79.7 cm³/mol. The quantitative estimate of drug-likeness (QED) is 0.906. The lowest BCUT2D eigenvalue weighted by Gasteiger charge is -2.20. The van der Waals surface area contributed by atoms with Gasteiger partial charge in [0.2, 0.25) is 0 Å². The molecule has 0 bridgehead atoms. The first-order valence-corrected chi connectivity index (χ1v) is 6.77. The highest BCUT2D eigenvalue weighted by atomic mass is 16.6. The molecule has 5 nitrogen and oxygen atoms in total. The molecule has 5 heteroatoms. The number of hydrogen-bond acceptors (Lipinski definition) is 4. The van der Waals surface area contributed by atoms with Crippen molar-refractivity contribution < 1.29 is 14.3 Å². The molecule has 0 aliphatic carbocycles. The predicted octanol–water partition coefficient (Wildman–Crippen LogP) is 2.17. The van der Waals surface area contributed by atoms with Crippen molar-refractivity contribution in [2.24, 2.45) is 5.73 Å². The Morgan fingerprint density at radius 3 is 2.81 bits per heavy atom. The SMILES string of the molecule is NCc1cccc(NC(=O)c2cccc3c2OCCO3)c1. The maximum Gasteiger partial charge on any atom is 0.259 e. The van der Waals surface area contributed by atoms with Crippen LogP contribution in [0.25, 0.3) is 0 Å². The molecule has 0 fully saturated rings. The lowest BCUT2D eigenvalue weighted by Crippen LogP contribution is -2.20. The molecule has 108 valence electrons. The summed E-state index contributed by atoms with van der Waals surface area (Å²) >= 11 is 0. The van der Waals surface area contributed by atoms with Crippen LogP contribution in [0.15, 0.2) is 42.5 Å². The summed E-state index contributed by atoms with van der Waals surface area (Å²) in [6.07, 6.45) is 0. The summed E-state index contributed by atoms with van der Waals surface area (Å²) in [5.74, 6) is 0.868. The van der Waals surface area contributed by atoms with Gasteiger partial charge in [0.25, 0.3) is 5.91 Å². The number of amides is 1. The first kappa shape index (κ1) is 13.5. The van der Waals surface area contributed by atoms with Gasteiger partial charge in [0.15, 0.2) is 11.5 Å². The fourth-order valence-electron chi connectivity index (χ4n) is 2.23. The first-order valence-electron chi connectivity index (χ1n) is 6.77. The minimum Gasteiger partial charge on any atom is -0.486 e. The number of fused-ring (bicyclic) bond motifs is 1. The van der Waals surface area contributed by atoms with Gasteiger partial charge in [-0.25, -0.2) is 0 Å². The zero-order chi connectivity index (χ0) is 14.7. The van der Waals surface area contributed by atoms with Crippen LogP contribution in [0.4, 0.5) is 5.69 Å². The molecule has 1 heterocycles. The molecule has 1 amide bonds. The lowest BCUT2D eigenvalue weighted by molar-refractivity contribution is 0.101. The maximum atomic E-state index is 12.4. The standard InChI is InChI=1S/C16H16N2O3/c17-10-11-3-1-4-12(9-11)18-16(19)13-5-2-6-14-15(13)21-8-7-20-14/h1-6,9H,7-8,10,17H2,(H,18,19). The maximum absolute atomic E-state index is 12.4. The Kier molecular flexibility index (Phi) is 3.75. The molecule has 0 unspecified atom stereocenters. The molecule has 0 spiro atoms. The van der Waals surface area contributed by atoms with Crippen molar-refractivity contribution in [3.8, 4) is 11.5 Å². The Hall–Kier alpha value is -2.53.